The third kappa shape index (κ3) is 3.54. The average Bonchev–Trinajstić information content (AvgIpc) is 2.63. The standard InChI is InChI=1S/C10H18N4O2/c1-10(2,3)16-7-6-14-5-4-12-9(14)8(11)13-15/h4-5,15H,6-7H2,1-3H3,(H2,11,13). The molecule has 6 nitrogen and oxygen atoms in total. The molecule has 1 aromatic rings. The first-order valence-electron chi connectivity index (χ1n) is 5.07. The first-order valence-corrected chi connectivity index (χ1v) is 5.07. The van der Waals surface area contributed by atoms with Gasteiger partial charge in [0.2, 0.25) is 5.84 Å². The summed E-state index contributed by atoms with van der Waals surface area (Å²) in [6, 6.07) is 0. The zero-order valence-corrected chi connectivity index (χ0v) is 9.84. The summed E-state index contributed by atoms with van der Waals surface area (Å²) >= 11 is 0. The van der Waals surface area contributed by atoms with Gasteiger partial charge in [-0.05, 0) is 20.8 Å². The van der Waals surface area contributed by atoms with Gasteiger partial charge in [-0.1, -0.05) is 5.16 Å². The minimum absolute atomic E-state index is 0.000702. The van der Waals surface area contributed by atoms with Crippen LogP contribution in [-0.4, -0.2) is 32.8 Å². The molecule has 0 aromatic carbocycles. The molecule has 0 aliphatic rings. The van der Waals surface area contributed by atoms with Crippen molar-refractivity contribution in [3.63, 3.8) is 0 Å². The smallest absolute Gasteiger partial charge is 0.206 e. The van der Waals surface area contributed by atoms with E-state index in [1.165, 1.54) is 0 Å². The van der Waals surface area contributed by atoms with E-state index in [0.29, 0.717) is 19.0 Å². The molecule has 0 atom stereocenters. The molecule has 90 valence electrons. The van der Waals surface area contributed by atoms with E-state index in [-0.39, 0.29) is 11.4 Å². The number of nitrogens with two attached hydrogens (primary N) is 1. The lowest BCUT2D eigenvalue weighted by Crippen LogP contribution is -2.24. The topological polar surface area (TPSA) is 85.7 Å². The van der Waals surface area contributed by atoms with Crippen molar-refractivity contribution in [1.82, 2.24) is 9.55 Å². The first kappa shape index (κ1) is 12.5. The Hall–Kier alpha value is -1.56. The van der Waals surface area contributed by atoms with Crippen molar-refractivity contribution in [2.75, 3.05) is 6.61 Å². The third-order valence-corrected chi connectivity index (χ3v) is 1.92. The van der Waals surface area contributed by atoms with Crippen LogP contribution >= 0.6 is 0 Å². The largest absolute Gasteiger partial charge is 0.409 e. The number of hydrogen-bond donors (Lipinski definition) is 2. The minimum Gasteiger partial charge on any atom is -0.409 e. The summed E-state index contributed by atoms with van der Waals surface area (Å²) in [4.78, 5) is 3.99. The predicted molar refractivity (Wildman–Crippen MR) is 60.4 cm³/mol. The van der Waals surface area contributed by atoms with Gasteiger partial charge in [-0.25, -0.2) is 4.98 Å². The van der Waals surface area contributed by atoms with Crippen molar-refractivity contribution in [2.45, 2.75) is 32.9 Å². The lowest BCUT2D eigenvalue weighted by Gasteiger charge is -2.19. The molecule has 0 bridgehead atoms. The van der Waals surface area contributed by atoms with Crippen LogP contribution in [0.5, 0.6) is 0 Å². The van der Waals surface area contributed by atoms with Crippen LogP contribution in [-0.2, 0) is 11.3 Å². The van der Waals surface area contributed by atoms with Crippen LogP contribution in [0.1, 0.15) is 26.6 Å². The van der Waals surface area contributed by atoms with E-state index in [2.05, 4.69) is 10.1 Å². The fourth-order valence-corrected chi connectivity index (χ4v) is 1.22. The summed E-state index contributed by atoms with van der Waals surface area (Å²) < 4.78 is 7.36. The Labute approximate surface area is 94.7 Å². The highest BCUT2D eigenvalue weighted by Gasteiger charge is 2.11. The number of imidazole rings is 1. The van der Waals surface area contributed by atoms with E-state index in [9.17, 15) is 0 Å². The number of nitrogens with zero attached hydrogens (tertiary/aromatic N) is 3. The van der Waals surface area contributed by atoms with Crippen LogP contribution in [0.25, 0.3) is 0 Å². The van der Waals surface area contributed by atoms with Gasteiger partial charge in [-0.3, -0.25) is 0 Å². The molecule has 0 aliphatic heterocycles. The molecule has 0 saturated heterocycles. The van der Waals surface area contributed by atoms with Gasteiger partial charge in [0.05, 0.1) is 12.2 Å². The minimum atomic E-state index is -0.169. The van der Waals surface area contributed by atoms with Gasteiger partial charge < -0.3 is 20.2 Å². The molecular weight excluding hydrogens is 208 g/mol. The van der Waals surface area contributed by atoms with Crippen LogP contribution in [0.3, 0.4) is 0 Å². The molecule has 0 spiro atoms. The van der Waals surface area contributed by atoms with Crippen molar-refractivity contribution in [3.8, 4) is 0 Å². The number of hydrogen-bond acceptors (Lipinski definition) is 4. The molecule has 0 fully saturated rings. The van der Waals surface area contributed by atoms with Crippen molar-refractivity contribution in [1.29, 1.82) is 0 Å². The predicted octanol–water partition coefficient (Wildman–Crippen LogP) is 0.793. The highest BCUT2D eigenvalue weighted by molar-refractivity contribution is 5.93. The van der Waals surface area contributed by atoms with Crippen molar-refractivity contribution < 1.29 is 9.94 Å². The van der Waals surface area contributed by atoms with Gasteiger partial charge in [0.25, 0.3) is 0 Å². The number of ether oxygens (including phenoxy) is 1. The van der Waals surface area contributed by atoms with E-state index in [4.69, 9.17) is 15.7 Å². The number of rotatable bonds is 4. The molecule has 0 radical (unpaired) electrons. The summed E-state index contributed by atoms with van der Waals surface area (Å²) in [5.41, 5.74) is 5.30. The van der Waals surface area contributed by atoms with Gasteiger partial charge in [-0.2, -0.15) is 0 Å². The van der Waals surface area contributed by atoms with E-state index in [0.717, 1.165) is 0 Å². The summed E-state index contributed by atoms with van der Waals surface area (Å²) in [6.45, 7) is 7.14. The van der Waals surface area contributed by atoms with Crippen molar-refractivity contribution in [3.05, 3.63) is 18.2 Å². The van der Waals surface area contributed by atoms with E-state index in [1.54, 1.807) is 17.0 Å². The molecule has 0 saturated carbocycles. The lowest BCUT2D eigenvalue weighted by atomic mass is 10.2. The normalized spacial score (nSPS) is 13.1. The summed E-state index contributed by atoms with van der Waals surface area (Å²) in [7, 11) is 0. The van der Waals surface area contributed by atoms with E-state index in [1.807, 2.05) is 20.8 Å². The Morgan fingerprint density at radius 1 is 1.62 bits per heavy atom. The fourth-order valence-electron chi connectivity index (χ4n) is 1.22. The summed E-state index contributed by atoms with van der Waals surface area (Å²) in [5.74, 6) is 0.445. The van der Waals surface area contributed by atoms with Crippen molar-refractivity contribution >= 4 is 5.84 Å². The van der Waals surface area contributed by atoms with E-state index < -0.39 is 0 Å². The Morgan fingerprint density at radius 3 is 2.88 bits per heavy atom. The maximum atomic E-state index is 8.56. The SMILES string of the molecule is CC(C)(C)OCCn1ccnc1/C(N)=N/O. The number of aromatic nitrogens is 2. The fraction of sp³-hybridized carbons (Fsp3) is 0.600. The monoisotopic (exact) mass is 226 g/mol. The second kappa shape index (κ2) is 4.98. The highest BCUT2D eigenvalue weighted by atomic mass is 16.5. The second-order valence-corrected chi connectivity index (χ2v) is 4.39. The zero-order valence-electron chi connectivity index (χ0n) is 9.84. The Balaban J connectivity index is 2.58. The van der Waals surface area contributed by atoms with Gasteiger partial charge in [-0.15, -0.1) is 0 Å². The number of oxime groups is 1. The quantitative estimate of drug-likeness (QED) is 0.344. The van der Waals surface area contributed by atoms with Gasteiger partial charge in [0, 0.05) is 18.9 Å². The van der Waals surface area contributed by atoms with Gasteiger partial charge >= 0.3 is 0 Å². The molecule has 16 heavy (non-hydrogen) atoms. The van der Waals surface area contributed by atoms with Gasteiger partial charge in [0.15, 0.2) is 5.82 Å². The summed E-state index contributed by atoms with van der Waals surface area (Å²) in [5, 5.41) is 11.5. The van der Waals surface area contributed by atoms with Gasteiger partial charge in [0.1, 0.15) is 0 Å². The highest BCUT2D eigenvalue weighted by Crippen LogP contribution is 2.07. The van der Waals surface area contributed by atoms with Crippen LogP contribution in [0, 0.1) is 0 Å². The average molecular weight is 226 g/mol. The summed E-state index contributed by atoms with van der Waals surface area (Å²) in [6.07, 6.45) is 3.36. The maximum Gasteiger partial charge on any atom is 0.206 e. The number of amidine groups is 1. The van der Waals surface area contributed by atoms with E-state index >= 15 is 0 Å². The zero-order chi connectivity index (χ0) is 12.2. The van der Waals surface area contributed by atoms with Crippen molar-refractivity contribution in [2.24, 2.45) is 10.9 Å². The third-order valence-electron chi connectivity index (χ3n) is 1.92. The van der Waals surface area contributed by atoms with Crippen LogP contribution in [0.15, 0.2) is 17.5 Å². The molecule has 0 amide bonds. The maximum absolute atomic E-state index is 8.56. The molecule has 3 N–H and O–H groups in total. The van der Waals surface area contributed by atoms with Crippen LogP contribution in [0.4, 0.5) is 0 Å². The molecular formula is C10H18N4O2. The first-order chi connectivity index (χ1) is 7.44. The molecule has 0 unspecified atom stereocenters. The van der Waals surface area contributed by atoms with Crippen LogP contribution in [0.2, 0.25) is 0 Å². The Kier molecular flexibility index (Phi) is 3.89. The molecule has 1 heterocycles. The molecule has 6 heteroatoms. The second-order valence-electron chi connectivity index (χ2n) is 4.39. The molecule has 0 aliphatic carbocycles. The lowest BCUT2D eigenvalue weighted by molar-refractivity contribution is -0.00688. The Bertz CT molecular complexity index is 365. The molecule has 1 aromatic heterocycles. The molecule has 1 rings (SSSR count). The Morgan fingerprint density at radius 2 is 2.31 bits per heavy atom. The van der Waals surface area contributed by atoms with Crippen LogP contribution < -0.4 is 5.73 Å².